The van der Waals surface area contributed by atoms with Crippen LogP contribution in [0.5, 0.6) is 0 Å². The second kappa shape index (κ2) is 7.63. The maximum absolute atomic E-state index is 11.6. The summed E-state index contributed by atoms with van der Waals surface area (Å²) in [5.74, 6) is -0.185. The molecule has 0 saturated heterocycles. The van der Waals surface area contributed by atoms with Gasteiger partial charge >= 0.3 is 5.97 Å². The van der Waals surface area contributed by atoms with Crippen LogP contribution in [0.4, 0.5) is 0 Å². The summed E-state index contributed by atoms with van der Waals surface area (Å²) in [6.07, 6.45) is 2.45. The minimum absolute atomic E-state index is 0.185. The Balaban J connectivity index is 2.45. The maximum Gasteiger partial charge on any atom is 0.324 e. The Hall–Kier alpha value is -0.650. The molecule has 1 rings (SSSR count). The predicted octanol–water partition coefficient (Wildman–Crippen LogP) is 0.248. The first-order valence-electron chi connectivity index (χ1n) is 6.27. The highest BCUT2D eigenvalue weighted by molar-refractivity contribution is 5.75. The van der Waals surface area contributed by atoms with Gasteiger partial charge in [0, 0.05) is 26.2 Å². The molecular weight excluding hydrogens is 220 g/mol. The predicted molar refractivity (Wildman–Crippen MR) is 66.0 cm³/mol. The fraction of sp³-hybridized carbons (Fsp3) is 0.917. The molecule has 1 fully saturated rings. The molecule has 0 spiro atoms. The van der Waals surface area contributed by atoms with E-state index in [1.165, 1.54) is 20.0 Å². The van der Waals surface area contributed by atoms with Gasteiger partial charge in [-0.2, -0.15) is 0 Å². The minimum atomic E-state index is -0.234. The van der Waals surface area contributed by atoms with Crippen LogP contribution in [0.15, 0.2) is 0 Å². The fourth-order valence-electron chi connectivity index (χ4n) is 1.92. The van der Waals surface area contributed by atoms with Crippen LogP contribution < -0.4 is 5.32 Å². The zero-order chi connectivity index (χ0) is 12.7. The van der Waals surface area contributed by atoms with E-state index in [0.29, 0.717) is 19.2 Å². The Morgan fingerprint density at radius 1 is 1.47 bits per heavy atom. The molecule has 100 valence electrons. The molecule has 1 unspecified atom stereocenters. The van der Waals surface area contributed by atoms with E-state index in [9.17, 15) is 4.79 Å². The molecule has 0 radical (unpaired) electrons. The van der Waals surface area contributed by atoms with Gasteiger partial charge in [0.25, 0.3) is 0 Å². The lowest BCUT2D eigenvalue weighted by molar-refractivity contribution is -0.143. The van der Waals surface area contributed by atoms with Gasteiger partial charge in [0.05, 0.1) is 13.7 Å². The van der Waals surface area contributed by atoms with Gasteiger partial charge in [-0.1, -0.05) is 6.92 Å². The van der Waals surface area contributed by atoms with Crippen molar-refractivity contribution in [3.8, 4) is 0 Å². The molecule has 17 heavy (non-hydrogen) atoms. The van der Waals surface area contributed by atoms with Crippen molar-refractivity contribution < 1.29 is 14.3 Å². The lowest BCUT2D eigenvalue weighted by Crippen LogP contribution is -2.48. The van der Waals surface area contributed by atoms with Crippen LogP contribution in [0, 0.1) is 0 Å². The molecule has 1 atom stereocenters. The topological polar surface area (TPSA) is 50.8 Å². The third kappa shape index (κ3) is 5.02. The Morgan fingerprint density at radius 2 is 2.18 bits per heavy atom. The zero-order valence-electron chi connectivity index (χ0n) is 11.1. The molecule has 1 aliphatic carbocycles. The summed E-state index contributed by atoms with van der Waals surface area (Å²) < 4.78 is 9.91. The SMILES string of the molecule is CCNC(CN(CCOC)C1CC1)C(=O)OC. The number of esters is 1. The number of rotatable bonds is 9. The summed E-state index contributed by atoms with van der Waals surface area (Å²) in [7, 11) is 3.14. The lowest BCUT2D eigenvalue weighted by atomic mass is 10.2. The first-order chi connectivity index (χ1) is 8.22. The largest absolute Gasteiger partial charge is 0.468 e. The number of likely N-dealkylation sites (N-methyl/N-ethyl adjacent to an activating group) is 1. The second-order valence-electron chi connectivity index (χ2n) is 4.35. The average molecular weight is 244 g/mol. The lowest BCUT2D eigenvalue weighted by Gasteiger charge is -2.26. The van der Waals surface area contributed by atoms with Gasteiger partial charge in [0.15, 0.2) is 0 Å². The van der Waals surface area contributed by atoms with Crippen LogP contribution in [0.25, 0.3) is 0 Å². The number of hydrogen-bond donors (Lipinski definition) is 1. The van der Waals surface area contributed by atoms with Crippen molar-refractivity contribution in [1.82, 2.24) is 10.2 Å². The summed E-state index contributed by atoms with van der Waals surface area (Å²) in [5, 5.41) is 3.17. The van der Waals surface area contributed by atoms with Crippen molar-refractivity contribution in [2.45, 2.75) is 31.8 Å². The Kier molecular flexibility index (Phi) is 6.47. The van der Waals surface area contributed by atoms with Gasteiger partial charge in [-0.15, -0.1) is 0 Å². The van der Waals surface area contributed by atoms with Gasteiger partial charge in [-0.05, 0) is 19.4 Å². The van der Waals surface area contributed by atoms with Crippen LogP contribution >= 0.6 is 0 Å². The molecule has 0 bridgehead atoms. The normalized spacial score (nSPS) is 17.2. The molecule has 0 aliphatic heterocycles. The molecule has 0 aromatic carbocycles. The second-order valence-corrected chi connectivity index (χ2v) is 4.35. The number of methoxy groups -OCH3 is 2. The summed E-state index contributed by atoms with van der Waals surface area (Å²) in [5.41, 5.74) is 0. The van der Waals surface area contributed by atoms with Gasteiger partial charge in [0.1, 0.15) is 6.04 Å². The molecule has 0 heterocycles. The minimum Gasteiger partial charge on any atom is -0.468 e. The van der Waals surface area contributed by atoms with Gasteiger partial charge in [-0.3, -0.25) is 9.69 Å². The molecule has 5 nitrogen and oxygen atoms in total. The number of carbonyl (C=O) groups excluding carboxylic acids is 1. The van der Waals surface area contributed by atoms with Crippen LogP contribution in [-0.2, 0) is 14.3 Å². The van der Waals surface area contributed by atoms with Gasteiger partial charge < -0.3 is 14.8 Å². The van der Waals surface area contributed by atoms with Gasteiger partial charge in [-0.25, -0.2) is 0 Å². The summed E-state index contributed by atoms with van der Waals surface area (Å²) in [6, 6.07) is 0.387. The molecule has 0 aromatic heterocycles. The summed E-state index contributed by atoms with van der Waals surface area (Å²) >= 11 is 0. The van der Waals surface area contributed by atoms with Crippen molar-refractivity contribution >= 4 is 5.97 Å². The van der Waals surface area contributed by atoms with E-state index in [1.807, 2.05) is 6.92 Å². The highest BCUT2D eigenvalue weighted by Gasteiger charge is 2.32. The van der Waals surface area contributed by atoms with Crippen LogP contribution in [0.2, 0.25) is 0 Å². The smallest absolute Gasteiger partial charge is 0.324 e. The number of ether oxygens (including phenoxy) is 2. The van der Waals surface area contributed by atoms with Crippen LogP contribution in [0.3, 0.4) is 0 Å². The van der Waals surface area contributed by atoms with Crippen molar-refractivity contribution in [2.75, 3.05) is 40.5 Å². The molecular formula is C12H24N2O3. The monoisotopic (exact) mass is 244 g/mol. The van der Waals surface area contributed by atoms with Crippen molar-refractivity contribution in [3.63, 3.8) is 0 Å². The number of nitrogens with zero attached hydrogens (tertiary/aromatic N) is 1. The van der Waals surface area contributed by atoms with E-state index >= 15 is 0 Å². The fourth-order valence-corrected chi connectivity index (χ4v) is 1.92. The Morgan fingerprint density at radius 3 is 2.65 bits per heavy atom. The van der Waals surface area contributed by atoms with Crippen molar-refractivity contribution in [2.24, 2.45) is 0 Å². The van der Waals surface area contributed by atoms with E-state index in [4.69, 9.17) is 9.47 Å². The summed E-state index contributed by atoms with van der Waals surface area (Å²) in [6.45, 7) is 5.04. The van der Waals surface area contributed by atoms with E-state index in [2.05, 4.69) is 10.2 Å². The highest BCUT2D eigenvalue weighted by Crippen LogP contribution is 2.26. The zero-order valence-corrected chi connectivity index (χ0v) is 11.1. The van der Waals surface area contributed by atoms with Crippen LogP contribution in [0.1, 0.15) is 19.8 Å². The molecule has 0 aromatic rings. The van der Waals surface area contributed by atoms with E-state index in [-0.39, 0.29) is 12.0 Å². The number of nitrogens with one attached hydrogen (secondary N) is 1. The molecule has 1 N–H and O–H groups in total. The van der Waals surface area contributed by atoms with Crippen molar-refractivity contribution in [3.05, 3.63) is 0 Å². The molecule has 1 aliphatic rings. The van der Waals surface area contributed by atoms with E-state index < -0.39 is 0 Å². The quantitative estimate of drug-likeness (QED) is 0.589. The van der Waals surface area contributed by atoms with Gasteiger partial charge in [0.2, 0.25) is 0 Å². The van der Waals surface area contributed by atoms with Crippen LogP contribution in [-0.4, -0.2) is 63.4 Å². The molecule has 5 heteroatoms. The standard InChI is InChI=1S/C12H24N2O3/c1-4-13-11(12(15)17-3)9-14(7-8-16-2)10-5-6-10/h10-11,13H,4-9H2,1-3H3. The highest BCUT2D eigenvalue weighted by atomic mass is 16.5. The Bertz CT molecular complexity index is 232. The van der Waals surface area contributed by atoms with Crippen molar-refractivity contribution in [1.29, 1.82) is 0 Å². The van der Waals surface area contributed by atoms with E-state index in [0.717, 1.165) is 13.1 Å². The molecule has 1 saturated carbocycles. The first-order valence-corrected chi connectivity index (χ1v) is 6.27. The number of hydrogen-bond acceptors (Lipinski definition) is 5. The Labute approximate surface area is 103 Å². The molecule has 0 amide bonds. The maximum atomic E-state index is 11.6. The first kappa shape index (κ1) is 14.4. The average Bonchev–Trinajstić information content (AvgIpc) is 3.16. The van der Waals surface area contributed by atoms with E-state index in [1.54, 1.807) is 7.11 Å². The summed E-state index contributed by atoms with van der Waals surface area (Å²) in [4.78, 5) is 13.9. The third-order valence-electron chi connectivity index (χ3n) is 3.00. The third-order valence-corrected chi connectivity index (χ3v) is 3.00. The number of carbonyl (C=O) groups is 1.